The molecule has 1 spiro atoms. The van der Waals surface area contributed by atoms with Crippen LogP contribution in [-0.2, 0) is 11.3 Å². The van der Waals surface area contributed by atoms with Crippen molar-refractivity contribution in [1.29, 1.82) is 0 Å². The lowest BCUT2D eigenvalue weighted by molar-refractivity contribution is -0.127. The molecule has 0 aromatic carbocycles. The molecule has 1 aromatic heterocycles. The second kappa shape index (κ2) is 4.72. The van der Waals surface area contributed by atoms with Crippen molar-refractivity contribution in [2.45, 2.75) is 25.8 Å². The SMILES string of the molecule is O=C1CC2(CCNCC2)CN1CCn1cccn1. The van der Waals surface area contributed by atoms with Gasteiger partial charge in [-0.3, -0.25) is 9.48 Å². The van der Waals surface area contributed by atoms with Gasteiger partial charge in [0, 0.05) is 31.9 Å². The zero-order chi connectivity index (χ0) is 12.4. The quantitative estimate of drug-likeness (QED) is 0.846. The van der Waals surface area contributed by atoms with Crippen molar-refractivity contribution >= 4 is 5.91 Å². The van der Waals surface area contributed by atoms with E-state index in [4.69, 9.17) is 0 Å². The molecule has 0 aliphatic carbocycles. The van der Waals surface area contributed by atoms with Gasteiger partial charge in [0.25, 0.3) is 0 Å². The first kappa shape index (κ1) is 11.7. The van der Waals surface area contributed by atoms with Crippen molar-refractivity contribution in [1.82, 2.24) is 20.0 Å². The average Bonchev–Trinajstić information content (AvgIpc) is 2.97. The summed E-state index contributed by atoms with van der Waals surface area (Å²) >= 11 is 0. The van der Waals surface area contributed by atoms with E-state index in [0.29, 0.717) is 5.91 Å². The summed E-state index contributed by atoms with van der Waals surface area (Å²) in [6.45, 7) is 4.64. The van der Waals surface area contributed by atoms with Crippen LogP contribution in [-0.4, -0.2) is 46.8 Å². The molecule has 3 rings (SSSR count). The molecule has 98 valence electrons. The maximum Gasteiger partial charge on any atom is 0.223 e. The van der Waals surface area contributed by atoms with Crippen molar-refractivity contribution in [2.75, 3.05) is 26.2 Å². The number of nitrogens with zero attached hydrogens (tertiary/aromatic N) is 3. The van der Waals surface area contributed by atoms with Crippen LogP contribution in [0.15, 0.2) is 18.5 Å². The molecule has 0 atom stereocenters. The van der Waals surface area contributed by atoms with E-state index in [9.17, 15) is 4.79 Å². The zero-order valence-electron chi connectivity index (χ0n) is 10.6. The summed E-state index contributed by atoms with van der Waals surface area (Å²) in [6.07, 6.45) is 6.74. The maximum atomic E-state index is 12.1. The first-order chi connectivity index (χ1) is 8.77. The van der Waals surface area contributed by atoms with Gasteiger partial charge in [-0.2, -0.15) is 5.10 Å². The Balaban J connectivity index is 1.58. The van der Waals surface area contributed by atoms with Gasteiger partial charge in [-0.1, -0.05) is 0 Å². The molecule has 5 nitrogen and oxygen atoms in total. The minimum atomic E-state index is 0.256. The van der Waals surface area contributed by atoms with E-state index in [-0.39, 0.29) is 5.41 Å². The Hall–Kier alpha value is -1.36. The lowest BCUT2D eigenvalue weighted by atomic mass is 9.78. The minimum Gasteiger partial charge on any atom is -0.340 e. The van der Waals surface area contributed by atoms with Crippen LogP contribution in [0, 0.1) is 5.41 Å². The van der Waals surface area contributed by atoms with Gasteiger partial charge in [0.05, 0.1) is 6.54 Å². The van der Waals surface area contributed by atoms with E-state index >= 15 is 0 Å². The highest BCUT2D eigenvalue weighted by Crippen LogP contribution is 2.39. The van der Waals surface area contributed by atoms with Gasteiger partial charge in [-0.05, 0) is 37.4 Å². The first-order valence-corrected chi connectivity index (χ1v) is 6.73. The van der Waals surface area contributed by atoms with Crippen molar-refractivity contribution in [3.63, 3.8) is 0 Å². The van der Waals surface area contributed by atoms with Gasteiger partial charge in [0.15, 0.2) is 0 Å². The third-order valence-electron chi connectivity index (χ3n) is 4.23. The molecule has 1 N–H and O–H groups in total. The molecular weight excluding hydrogens is 228 g/mol. The molecule has 0 saturated carbocycles. The van der Waals surface area contributed by atoms with Crippen LogP contribution >= 0.6 is 0 Å². The van der Waals surface area contributed by atoms with Crippen molar-refractivity contribution in [3.05, 3.63) is 18.5 Å². The monoisotopic (exact) mass is 248 g/mol. The van der Waals surface area contributed by atoms with E-state index in [1.807, 2.05) is 21.8 Å². The van der Waals surface area contributed by atoms with E-state index < -0.39 is 0 Å². The predicted octanol–water partition coefficient (Wildman–Crippen LogP) is 0.485. The highest BCUT2D eigenvalue weighted by Gasteiger charge is 2.43. The number of piperidine rings is 1. The number of aromatic nitrogens is 2. The van der Waals surface area contributed by atoms with Crippen LogP contribution in [0.5, 0.6) is 0 Å². The molecule has 0 unspecified atom stereocenters. The molecule has 2 saturated heterocycles. The van der Waals surface area contributed by atoms with Crippen LogP contribution in [0.4, 0.5) is 0 Å². The number of hydrogen-bond acceptors (Lipinski definition) is 3. The lowest BCUT2D eigenvalue weighted by Gasteiger charge is -2.33. The third kappa shape index (κ3) is 2.27. The van der Waals surface area contributed by atoms with E-state index in [1.54, 1.807) is 6.20 Å². The van der Waals surface area contributed by atoms with E-state index in [1.165, 1.54) is 0 Å². The summed E-state index contributed by atoms with van der Waals surface area (Å²) in [4.78, 5) is 14.1. The number of nitrogens with one attached hydrogen (secondary N) is 1. The lowest BCUT2D eigenvalue weighted by Crippen LogP contribution is -2.39. The van der Waals surface area contributed by atoms with Gasteiger partial charge in [0.1, 0.15) is 0 Å². The standard InChI is InChI=1S/C13H20N4O/c18-12-10-13(2-5-14-6-3-13)11-16(12)8-9-17-7-1-4-15-17/h1,4,7,14H,2-3,5-6,8-11H2. The number of amides is 1. The van der Waals surface area contributed by atoms with E-state index in [0.717, 1.165) is 52.0 Å². The van der Waals surface area contributed by atoms with E-state index in [2.05, 4.69) is 10.4 Å². The Bertz CT molecular complexity index is 409. The Labute approximate surface area is 107 Å². The number of hydrogen-bond donors (Lipinski definition) is 1. The molecule has 2 aliphatic heterocycles. The van der Waals surface area contributed by atoms with Crippen molar-refractivity contribution in [2.24, 2.45) is 5.41 Å². The maximum absolute atomic E-state index is 12.1. The number of carbonyl (C=O) groups excluding carboxylic acids is 1. The molecule has 1 aromatic rings. The number of rotatable bonds is 3. The van der Waals surface area contributed by atoms with Crippen LogP contribution in [0.1, 0.15) is 19.3 Å². The third-order valence-corrected chi connectivity index (χ3v) is 4.23. The Morgan fingerprint density at radius 3 is 2.89 bits per heavy atom. The molecule has 2 aliphatic rings. The summed E-state index contributed by atoms with van der Waals surface area (Å²) < 4.78 is 1.89. The summed E-state index contributed by atoms with van der Waals surface area (Å²) in [6, 6.07) is 1.92. The normalized spacial score (nSPS) is 22.9. The zero-order valence-corrected chi connectivity index (χ0v) is 10.6. The van der Waals surface area contributed by atoms with Gasteiger partial charge in [-0.25, -0.2) is 0 Å². The van der Waals surface area contributed by atoms with Crippen LogP contribution in [0.2, 0.25) is 0 Å². The average molecular weight is 248 g/mol. The van der Waals surface area contributed by atoms with Crippen molar-refractivity contribution < 1.29 is 4.79 Å². The summed E-state index contributed by atoms with van der Waals surface area (Å²) in [5.41, 5.74) is 0.256. The second-order valence-electron chi connectivity index (χ2n) is 5.51. The molecule has 3 heterocycles. The summed E-state index contributed by atoms with van der Waals surface area (Å²) in [7, 11) is 0. The fraction of sp³-hybridized carbons (Fsp3) is 0.692. The molecule has 0 radical (unpaired) electrons. The molecule has 1 amide bonds. The fourth-order valence-corrected chi connectivity index (χ4v) is 3.13. The van der Waals surface area contributed by atoms with Crippen LogP contribution in [0.3, 0.4) is 0 Å². The van der Waals surface area contributed by atoms with Crippen LogP contribution < -0.4 is 5.32 Å². The van der Waals surface area contributed by atoms with Crippen molar-refractivity contribution in [3.8, 4) is 0 Å². The molecule has 18 heavy (non-hydrogen) atoms. The topological polar surface area (TPSA) is 50.2 Å². The molecular formula is C13H20N4O. The Kier molecular flexibility index (Phi) is 3.07. The Morgan fingerprint density at radius 1 is 1.33 bits per heavy atom. The number of carbonyl (C=O) groups is 1. The summed E-state index contributed by atoms with van der Waals surface area (Å²) in [5, 5.41) is 7.55. The second-order valence-corrected chi connectivity index (χ2v) is 5.51. The smallest absolute Gasteiger partial charge is 0.223 e. The molecule has 5 heteroatoms. The predicted molar refractivity (Wildman–Crippen MR) is 68.0 cm³/mol. The highest BCUT2D eigenvalue weighted by atomic mass is 16.2. The molecule has 2 fully saturated rings. The van der Waals surface area contributed by atoms with Gasteiger partial charge in [0.2, 0.25) is 5.91 Å². The van der Waals surface area contributed by atoms with Gasteiger partial charge in [-0.15, -0.1) is 0 Å². The summed E-state index contributed by atoms with van der Waals surface area (Å²) in [5.74, 6) is 0.323. The largest absolute Gasteiger partial charge is 0.340 e. The van der Waals surface area contributed by atoms with Crippen LogP contribution in [0.25, 0.3) is 0 Å². The van der Waals surface area contributed by atoms with Gasteiger partial charge < -0.3 is 10.2 Å². The van der Waals surface area contributed by atoms with Gasteiger partial charge >= 0.3 is 0 Å². The highest BCUT2D eigenvalue weighted by molar-refractivity contribution is 5.79. The minimum absolute atomic E-state index is 0.256. The first-order valence-electron chi connectivity index (χ1n) is 6.73. The fourth-order valence-electron chi connectivity index (χ4n) is 3.13. The molecule has 0 bridgehead atoms. The number of likely N-dealkylation sites (tertiary alicyclic amines) is 1. The Morgan fingerprint density at radius 2 is 2.17 bits per heavy atom.